The Morgan fingerprint density at radius 2 is 1.96 bits per heavy atom. The van der Waals surface area contributed by atoms with Gasteiger partial charge in [0.2, 0.25) is 5.78 Å². The molecule has 1 aromatic carbocycles. The number of aromatic nitrogens is 2. The molecule has 3 aromatic rings. The van der Waals surface area contributed by atoms with Crippen LogP contribution in [-0.4, -0.2) is 28.1 Å². The van der Waals surface area contributed by atoms with E-state index in [4.69, 9.17) is 9.15 Å². The van der Waals surface area contributed by atoms with Crippen molar-refractivity contribution in [3.05, 3.63) is 77.5 Å². The SMILES string of the molecule is CCOC(=O)c1nn(-c2ccccc2)cc1/C=C/C(=O)c1ccc(C)o1. The van der Waals surface area contributed by atoms with E-state index in [0.29, 0.717) is 11.3 Å². The Bertz CT molecular complexity index is 951. The first-order valence-corrected chi connectivity index (χ1v) is 8.19. The van der Waals surface area contributed by atoms with Gasteiger partial charge < -0.3 is 9.15 Å². The van der Waals surface area contributed by atoms with Crippen LogP contribution in [0.3, 0.4) is 0 Å². The molecule has 0 amide bonds. The Balaban J connectivity index is 1.93. The molecule has 2 aromatic heterocycles. The molecule has 132 valence electrons. The molecule has 0 bridgehead atoms. The molecule has 6 nitrogen and oxygen atoms in total. The second-order valence-corrected chi connectivity index (χ2v) is 5.54. The highest BCUT2D eigenvalue weighted by molar-refractivity contribution is 6.05. The summed E-state index contributed by atoms with van der Waals surface area (Å²) in [6, 6.07) is 12.7. The van der Waals surface area contributed by atoms with E-state index >= 15 is 0 Å². The van der Waals surface area contributed by atoms with Gasteiger partial charge in [-0.15, -0.1) is 0 Å². The molecule has 0 aliphatic rings. The fraction of sp³-hybridized carbons (Fsp3) is 0.150. The average Bonchev–Trinajstić information content (AvgIpc) is 3.27. The van der Waals surface area contributed by atoms with Crippen LogP contribution in [0.2, 0.25) is 0 Å². The molecule has 0 fully saturated rings. The van der Waals surface area contributed by atoms with E-state index in [0.717, 1.165) is 5.69 Å². The molecular weight excluding hydrogens is 332 g/mol. The third kappa shape index (κ3) is 3.80. The summed E-state index contributed by atoms with van der Waals surface area (Å²) >= 11 is 0. The summed E-state index contributed by atoms with van der Waals surface area (Å²) in [6.45, 7) is 3.73. The fourth-order valence-corrected chi connectivity index (χ4v) is 2.39. The van der Waals surface area contributed by atoms with Crippen molar-refractivity contribution >= 4 is 17.8 Å². The van der Waals surface area contributed by atoms with Gasteiger partial charge in [0.25, 0.3) is 0 Å². The van der Waals surface area contributed by atoms with Gasteiger partial charge in [0.1, 0.15) is 5.76 Å². The smallest absolute Gasteiger partial charge is 0.359 e. The molecule has 0 radical (unpaired) electrons. The first-order valence-electron chi connectivity index (χ1n) is 8.19. The normalized spacial score (nSPS) is 11.0. The molecule has 0 N–H and O–H groups in total. The lowest BCUT2D eigenvalue weighted by Gasteiger charge is -2.00. The number of allylic oxidation sites excluding steroid dienone is 1. The van der Waals surface area contributed by atoms with Crippen molar-refractivity contribution in [2.24, 2.45) is 0 Å². The zero-order valence-electron chi connectivity index (χ0n) is 14.5. The zero-order chi connectivity index (χ0) is 18.5. The minimum atomic E-state index is -0.539. The van der Waals surface area contributed by atoms with Crippen LogP contribution in [0.15, 0.2) is 59.2 Å². The number of ether oxygens (including phenoxy) is 1. The Hall–Kier alpha value is -3.41. The van der Waals surface area contributed by atoms with Crippen LogP contribution in [0.1, 0.15) is 39.3 Å². The van der Waals surface area contributed by atoms with E-state index in [9.17, 15) is 9.59 Å². The van der Waals surface area contributed by atoms with Crippen molar-refractivity contribution in [1.29, 1.82) is 0 Å². The fourth-order valence-electron chi connectivity index (χ4n) is 2.39. The number of esters is 1. The van der Waals surface area contributed by atoms with Gasteiger partial charge in [-0.3, -0.25) is 4.79 Å². The van der Waals surface area contributed by atoms with Crippen molar-refractivity contribution in [1.82, 2.24) is 9.78 Å². The largest absolute Gasteiger partial charge is 0.461 e. The number of carbonyl (C=O) groups is 2. The lowest BCUT2D eigenvalue weighted by molar-refractivity contribution is 0.0518. The van der Waals surface area contributed by atoms with Crippen LogP contribution in [0.4, 0.5) is 0 Å². The molecule has 0 unspecified atom stereocenters. The number of para-hydroxylation sites is 1. The zero-order valence-corrected chi connectivity index (χ0v) is 14.5. The third-order valence-corrected chi connectivity index (χ3v) is 3.63. The number of hydrogen-bond donors (Lipinski definition) is 0. The van der Waals surface area contributed by atoms with Crippen LogP contribution >= 0.6 is 0 Å². The number of hydrogen-bond acceptors (Lipinski definition) is 5. The number of furan rings is 1. The highest BCUT2D eigenvalue weighted by atomic mass is 16.5. The predicted octanol–water partition coefficient (Wildman–Crippen LogP) is 3.85. The van der Waals surface area contributed by atoms with Gasteiger partial charge in [0.15, 0.2) is 11.5 Å². The van der Waals surface area contributed by atoms with Crippen molar-refractivity contribution < 1.29 is 18.7 Å². The molecule has 3 rings (SSSR count). The second kappa shape index (κ2) is 7.65. The molecule has 0 atom stereocenters. The number of ketones is 1. The van der Waals surface area contributed by atoms with Gasteiger partial charge in [0.05, 0.1) is 12.3 Å². The van der Waals surface area contributed by atoms with E-state index in [1.54, 1.807) is 42.9 Å². The lowest BCUT2D eigenvalue weighted by Crippen LogP contribution is -2.08. The number of nitrogens with zero attached hydrogens (tertiary/aromatic N) is 2. The highest BCUT2D eigenvalue weighted by Gasteiger charge is 2.17. The van der Waals surface area contributed by atoms with Gasteiger partial charge in [0, 0.05) is 11.8 Å². The van der Waals surface area contributed by atoms with Gasteiger partial charge in [-0.2, -0.15) is 5.10 Å². The second-order valence-electron chi connectivity index (χ2n) is 5.54. The first-order chi connectivity index (χ1) is 12.6. The Morgan fingerprint density at radius 1 is 1.19 bits per heavy atom. The van der Waals surface area contributed by atoms with Crippen LogP contribution in [-0.2, 0) is 4.74 Å². The van der Waals surface area contributed by atoms with Crippen LogP contribution in [0.25, 0.3) is 11.8 Å². The van der Waals surface area contributed by atoms with Gasteiger partial charge in [-0.1, -0.05) is 18.2 Å². The van der Waals surface area contributed by atoms with E-state index in [-0.39, 0.29) is 23.8 Å². The number of benzene rings is 1. The van der Waals surface area contributed by atoms with Crippen LogP contribution in [0.5, 0.6) is 0 Å². The van der Waals surface area contributed by atoms with Crippen molar-refractivity contribution in [3.63, 3.8) is 0 Å². The molecule has 0 spiro atoms. The van der Waals surface area contributed by atoms with E-state index in [2.05, 4.69) is 5.10 Å². The molecular formula is C20H18N2O4. The first kappa shape index (κ1) is 17.4. The van der Waals surface area contributed by atoms with Crippen LogP contribution < -0.4 is 0 Å². The summed E-state index contributed by atoms with van der Waals surface area (Å²) in [5, 5.41) is 4.31. The lowest BCUT2D eigenvalue weighted by atomic mass is 10.2. The standard InChI is InChI=1S/C20H18N2O4/c1-3-25-20(24)19-15(10-11-17(23)18-12-9-14(2)26-18)13-22(21-19)16-7-5-4-6-8-16/h4-13H,3H2,1-2H3/b11-10+. The maximum Gasteiger partial charge on any atom is 0.359 e. The van der Waals surface area contributed by atoms with E-state index < -0.39 is 5.97 Å². The van der Waals surface area contributed by atoms with E-state index in [1.807, 2.05) is 30.3 Å². The van der Waals surface area contributed by atoms with Gasteiger partial charge in [-0.05, 0) is 50.3 Å². The van der Waals surface area contributed by atoms with Crippen LogP contribution in [0, 0.1) is 6.92 Å². The maximum absolute atomic E-state index is 12.2. The summed E-state index contributed by atoms with van der Waals surface area (Å²) in [7, 11) is 0. The summed E-state index contributed by atoms with van der Waals surface area (Å²) < 4.78 is 11.9. The topological polar surface area (TPSA) is 74.3 Å². The van der Waals surface area contributed by atoms with E-state index in [1.165, 1.54) is 6.08 Å². The Labute approximate surface area is 150 Å². The van der Waals surface area contributed by atoms with Crippen molar-refractivity contribution in [2.75, 3.05) is 6.61 Å². The molecule has 0 aliphatic heterocycles. The molecule has 26 heavy (non-hydrogen) atoms. The molecule has 6 heteroatoms. The molecule has 0 aliphatic carbocycles. The summed E-state index contributed by atoms with van der Waals surface area (Å²) in [6.07, 6.45) is 4.57. The Kier molecular flexibility index (Phi) is 5.12. The van der Waals surface area contributed by atoms with Gasteiger partial charge in [-0.25, -0.2) is 9.48 Å². The average molecular weight is 350 g/mol. The molecule has 2 heterocycles. The number of rotatable bonds is 6. The maximum atomic E-state index is 12.2. The monoisotopic (exact) mass is 350 g/mol. The van der Waals surface area contributed by atoms with Crippen molar-refractivity contribution in [3.8, 4) is 5.69 Å². The Morgan fingerprint density at radius 3 is 2.62 bits per heavy atom. The highest BCUT2D eigenvalue weighted by Crippen LogP contribution is 2.16. The minimum Gasteiger partial charge on any atom is -0.461 e. The third-order valence-electron chi connectivity index (χ3n) is 3.63. The van der Waals surface area contributed by atoms with Gasteiger partial charge >= 0.3 is 5.97 Å². The molecule has 0 saturated heterocycles. The summed E-state index contributed by atoms with van der Waals surface area (Å²) in [5.41, 5.74) is 1.44. The quantitative estimate of drug-likeness (QED) is 0.383. The minimum absolute atomic E-state index is 0.148. The summed E-state index contributed by atoms with van der Waals surface area (Å²) in [5.74, 6) is 0.0706. The number of carbonyl (C=O) groups excluding carboxylic acids is 2. The predicted molar refractivity (Wildman–Crippen MR) is 96.3 cm³/mol. The number of aryl methyl sites for hydroxylation is 1. The van der Waals surface area contributed by atoms with Crippen molar-refractivity contribution in [2.45, 2.75) is 13.8 Å². The molecule has 0 saturated carbocycles. The summed E-state index contributed by atoms with van der Waals surface area (Å²) in [4.78, 5) is 24.4.